The molecule has 1 aromatic heterocycles. The predicted octanol–water partition coefficient (Wildman–Crippen LogP) is 2.16. The van der Waals surface area contributed by atoms with Gasteiger partial charge in [0.25, 0.3) is 0 Å². The Morgan fingerprint density at radius 2 is 2.15 bits per heavy atom. The van der Waals surface area contributed by atoms with Gasteiger partial charge in [0.05, 0.1) is 6.54 Å². The van der Waals surface area contributed by atoms with Gasteiger partial charge in [-0.15, -0.1) is 24.0 Å². The summed E-state index contributed by atoms with van der Waals surface area (Å²) in [6.45, 7) is 4.42. The minimum atomic E-state index is -4.16. The van der Waals surface area contributed by atoms with Crippen molar-refractivity contribution in [3.05, 3.63) is 11.7 Å². The maximum absolute atomic E-state index is 12.4. The Kier molecular flexibility index (Phi) is 9.07. The SMILES string of the molecule is CN=C(NCCc1nc(C(C)C)no1)NC1CCN(CC(F)(F)F)C1.I. The molecule has 0 spiro atoms. The number of hydrogen-bond donors (Lipinski definition) is 2. The molecule has 1 saturated heterocycles. The first-order valence-electron chi connectivity index (χ1n) is 8.35. The largest absolute Gasteiger partial charge is 0.401 e. The Morgan fingerprint density at radius 3 is 2.73 bits per heavy atom. The number of rotatable bonds is 6. The van der Waals surface area contributed by atoms with Crippen LogP contribution in [0, 0.1) is 0 Å². The van der Waals surface area contributed by atoms with Crippen LogP contribution >= 0.6 is 24.0 Å². The van der Waals surface area contributed by atoms with Crippen molar-refractivity contribution in [1.29, 1.82) is 0 Å². The van der Waals surface area contributed by atoms with Crippen LogP contribution in [0.3, 0.4) is 0 Å². The number of aromatic nitrogens is 2. The summed E-state index contributed by atoms with van der Waals surface area (Å²) in [6.07, 6.45) is -2.96. The number of alkyl halides is 3. The Balaban J connectivity index is 0.00000338. The van der Waals surface area contributed by atoms with E-state index in [1.54, 1.807) is 7.05 Å². The highest BCUT2D eigenvalue weighted by Crippen LogP contribution is 2.19. The number of nitrogens with zero attached hydrogens (tertiary/aromatic N) is 4. The van der Waals surface area contributed by atoms with Gasteiger partial charge < -0.3 is 15.2 Å². The standard InChI is InChI=1S/C15H25F3N6O.HI/c1-10(2)13-22-12(25-23-13)4-6-20-14(19-3)21-11-5-7-24(8-11)9-15(16,17)18;/h10-11H,4-9H2,1-3H3,(H2,19,20,21);1H. The summed E-state index contributed by atoms with van der Waals surface area (Å²) in [7, 11) is 1.63. The molecule has 1 atom stereocenters. The summed E-state index contributed by atoms with van der Waals surface area (Å²) in [5.74, 6) is 1.99. The second kappa shape index (κ2) is 10.3. The molecule has 0 aliphatic carbocycles. The lowest BCUT2D eigenvalue weighted by Crippen LogP contribution is -2.45. The highest BCUT2D eigenvalue weighted by Gasteiger charge is 2.34. The van der Waals surface area contributed by atoms with Gasteiger partial charge in [0.1, 0.15) is 0 Å². The average molecular weight is 490 g/mol. The third-order valence-corrected chi connectivity index (χ3v) is 3.87. The van der Waals surface area contributed by atoms with Crippen LogP contribution in [0.5, 0.6) is 0 Å². The zero-order chi connectivity index (χ0) is 18.4. The summed E-state index contributed by atoms with van der Waals surface area (Å²) >= 11 is 0. The van der Waals surface area contributed by atoms with Crippen molar-refractivity contribution in [3.8, 4) is 0 Å². The maximum atomic E-state index is 12.4. The van der Waals surface area contributed by atoms with Crippen molar-refractivity contribution in [2.24, 2.45) is 4.99 Å². The molecular weight excluding hydrogens is 464 g/mol. The average Bonchev–Trinajstić information content (AvgIpc) is 3.14. The van der Waals surface area contributed by atoms with Gasteiger partial charge in [-0.1, -0.05) is 19.0 Å². The van der Waals surface area contributed by atoms with E-state index in [9.17, 15) is 13.2 Å². The van der Waals surface area contributed by atoms with E-state index in [1.807, 2.05) is 13.8 Å². The molecular formula is C15H26F3IN6O. The highest BCUT2D eigenvalue weighted by molar-refractivity contribution is 14.0. The van der Waals surface area contributed by atoms with Gasteiger partial charge in [-0.25, -0.2) is 0 Å². The molecule has 11 heteroatoms. The molecule has 1 unspecified atom stereocenters. The first-order chi connectivity index (χ1) is 11.8. The van der Waals surface area contributed by atoms with Crippen molar-refractivity contribution in [3.63, 3.8) is 0 Å². The summed E-state index contributed by atoms with van der Waals surface area (Å²) < 4.78 is 42.4. The molecule has 150 valence electrons. The quantitative estimate of drug-likeness (QED) is 0.362. The highest BCUT2D eigenvalue weighted by atomic mass is 127. The second-order valence-corrected chi connectivity index (χ2v) is 6.43. The van der Waals surface area contributed by atoms with Crippen molar-refractivity contribution < 1.29 is 17.7 Å². The monoisotopic (exact) mass is 490 g/mol. The summed E-state index contributed by atoms with van der Waals surface area (Å²) in [5.41, 5.74) is 0. The number of nitrogens with one attached hydrogen (secondary N) is 2. The fourth-order valence-electron chi connectivity index (χ4n) is 2.63. The summed E-state index contributed by atoms with van der Waals surface area (Å²) in [5, 5.41) is 10.2. The van der Waals surface area contributed by atoms with Crippen LogP contribution in [0.4, 0.5) is 13.2 Å². The van der Waals surface area contributed by atoms with E-state index >= 15 is 0 Å². The van der Waals surface area contributed by atoms with E-state index < -0.39 is 12.7 Å². The lowest BCUT2D eigenvalue weighted by Gasteiger charge is -2.19. The zero-order valence-corrected chi connectivity index (χ0v) is 17.5. The van der Waals surface area contributed by atoms with E-state index in [-0.39, 0.29) is 35.9 Å². The van der Waals surface area contributed by atoms with Crippen molar-refractivity contribution in [1.82, 2.24) is 25.7 Å². The van der Waals surface area contributed by atoms with Crippen LogP contribution in [0.15, 0.2) is 9.52 Å². The molecule has 2 rings (SSSR count). The molecule has 0 saturated carbocycles. The number of hydrogen-bond acceptors (Lipinski definition) is 5. The molecule has 7 nitrogen and oxygen atoms in total. The van der Waals surface area contributed by atoms with E-state index in [0.717, 1.165) is 0 Å². The van der Waals surface area contributed by atoms with Gasteiger partial charge in [0.15, 0.2) is 11.8 Å². The van der Waals surface area contributed by atoms with Crippen molar-refractivity contribution in [2.45, 2.75) is 44.8 Å². The van der Waals surface area contributed by atoms with Crippen LogP contribution in [0.2, 0.25) is 0 Å². The smallest absolute Gasteiger partial charge is 0.356 e. The number of aliphatic imine (C=N–C) groups is 1. The third-order valence-electron chi connectivity index (χ3n) is 3.87. The Labute approximate surface area is 168 Å². The fourth-order valence-corrected chi connectivity index (χ4v) is 2.63. The molecule has 0 radical (unpaired) electrons. The van der Waals surface area contributed by atoms with E-state index in [4.69, 9.17) is 4.52 Å². The number of likely N-dealkylation sites (tertiary alicyclic amines) is 1. The number of guanidine groups is 1. The Bertz CT molecular complexity index is 578. The molecule has 26 heavy (non-hydrogen) atoms. The maximum Gasteiger partial charge on any atom is 0.401 e. The fraction of sp³-hybridized carbons (Fsp3) is 0.800. The first kappa shape index (κ1) is 22.9. The van der Waals surface area contributed by atoms with Crippen LogP contribution in [0.25, 0.3) is 0 Å². The second-order valence-electron chi connectivity index (χ2n) is 6.43. The molecule has 1 aliphatic heterocycles. The minimum Gasteiger partial charge on any atom is -0.356 e. The summed E-state index contributed by atoms with van der Waals surface area (Å²) in [6, 6.07) is -0.0514. The minimum absolute atomic E-state index is 0. The predicted molar refractivity (Wildman–Crippen MR) is 103 cm³/mol. The Morgan fingerprint density at radius 1 is 1.42 bits per heavy atom. The zero-order valence-electron chi connectivity index (χ0n) is 15.1. The molecule has 0 amide bonds. The Hall–Kier alpha value is -1.11. The van der Waals surface area contributed by atoms with E-state index in [0.29, 0.717) is 50.2 Å². The summed E-state index contributed by atoms with van der Waals surface area (Å²) in [4.78, 5) is 9.79. The van der Waals surface area contributed by atoms with Crippen LogP contribution in [-0.4, -0.2) is 66.4 Å². The van der Waals surface area contributed by atoms with Crippen LogP contribution < -0.4 is 10.6 Å². The third kappa shape index (κ3) is 7.64. The van der Waals surface area contributed by atoms with Gasteiger partial charge in [0.2, 0.25) is 5.89 Å². The molecule has 2 N–H and O–H groups in total. The topological polar surface area (TPSA) is 78.6 Å². The molecule has 1 fully saturated rings. The van der Waals surface area contributed by atoms with Gasteiger partial charge in [-0.05, 0) is 6.42 Å². The van der Waals surface area contributed by atoms with Crippen molar-refractivity contribution >= 4 is 29.9 Å². The van der Waals surface area contributed by atoms with Gasteiger partial charge >= 0.3 is 6.18 Å². The van der Waals surface area contributed by atoms with E-state index in [1.165, 1.54) is 4.90 Å². The lowest BCUT2D eigenvalue weighted by atomic mass is 10.2. The normalized spacial score (nSPS) is 18.9. The molecule has 2 heterocycles. The van der Waals surface area contributed by atoms with E-state index in [2.05, 4.69) is 25.8 Å². The van der Waals surface area contributed by atoms with Gasteiger partial charge in [-0.2, -0.15) is 18.2 Å². The number of halogens is 4. The van der Waals surface area contributed by atoms with Crippen molar-refractivity contribution in [2.75, 3.05) is 33.2 Å². The molecule has 1 aromatic rings. The molecule has 0 bridgehead atoms. The molecule has 1 aliphatic rings. The lowest BCUT2D eigenvalue weighted by molar-refractivity contribution is -0.143. The van der Waals surface area contributed by atoms with Crippen LogP contribution in [0.1, 0.15) is 37.9 Å². The van der Waals surface area contributed by atoms with Crippen LogP contribution in [-0.2, 0) is 6.42 Å². The van der Waals surface area contributed by atoms with Gasteiger partial charge in [0, 0.05) is 45.1 Å². The molecule has 0 aromatic carbocycles. The first-order valence-corrected chi connectivity index (χ1v) is 8.35. The van der Waals surface area contributed by atoms with Gasteiger partial charge in [-0.3, -0.25) is 9.89 Å².